The molecule has 0 saturated carbocycles. The van der Waals surface area contributed by atoms with Gasteiger partial charge in [-0.1, -0.05) is 42.1 Å². The molecule has 0 spiro atoms. The van der Waals surface area contributed by atoms with Crippen LogP contribution < -0.4 is 19.5 Å². The molecule has 0 unspecified atom stereocenters. The lowest BCUT2D eigenvalue weighted by atomic mass is 10.1. The Bertz CT molecular complexity index is 961. The first kappa shape index (κ1) is 21.0. The third-order valence-electron chi connectivity index (χ3n) is 4.14. The molecule has 1 N–H and O–H groups in total. The van der Waals surface area contributed by atoms with Crippen molar-refractivity contribution in [3.63, 3.8) is 0 Å². The fraction of sp³-hybridized carbons (Fsp3) is 0.238. The van der Waals surface area contributed by atoms with E-state index in [0.717, 1.165) is 21.2 Å². The van der Waals surface area contributed by atoms with Crippen molar-refractivity contribution in [2.24, 2.45) is 0 Å². The van der Waals surface area contributed by atoms with E-state index in [1.54, 1.807) is 33.5 Å². The molecule has 0 aliphatic heterocycles. The normalized spacial score (nSPS) is 10.4. The van der Waals surface area contributed by atoms with E-state index in [-0.39, 0.29) is 11.7 Å². The first-order valence-corrected chi connectivity index (χ1v) is 10.7. The van der Waals surface area contributed by atoms with Crippen LogP contribution in [-0.4, -0.2) is 38.0 Å². The average Bonchev–Trinajstić information content (AvgIpc) is 3.25. The number of nitrogens with one attached hydrogen (secondary N) is 1. The van der Waals surface area contributed by atoms with Crippen LogP contribution in [0.5, 0.6) is 17.2 Å². The second-order valence-electron chi connectivity index (χ2n) is 5.95. The van der Waals surface area contributed by atoms with Gasteiger partial charge in [-0.25, -0.2) is 4.98 Å². The summed E-state index contributed by atoms with van der Waals surface area (Å²) in [7, 11) is 4.72. The van der Waals surface area contributed by atoms with Gasteiger partial charge in [-0.2, -0.15) is 0 Å². The number of carbonyl (C=O) groups is 1. The summed E-state index contributed by atoms with van der Waals surface area (Å²) in [6.07, 6.45) is 0. The van der Waals surface area contributed by atoms with Gasteiger partial charge in [-0.3, -0.25) is 4.79 Å². The van der Waals surface area contributed by atoms with Crippen LogP contribution in [0.2, 0.25) is 0 Å². The first-order chi connectivity index (χ1) is 14.1. The highest BCUT2D eigenvalue weighted by Crippen LogP contribution is 2.34. The standard InChI is InChI=1S/C21H22N2O4S2/c1-25-17-10-19(27-3)18(26-2)9-15(17)11-22-20(24)13-29-21-23-16(12-28-21)14-7-5-4-6-8-14/h4-10,12H,11,13H2,1-3H3,(H,22,24). The Morgan fingerprint density at radius 2 is 1.72 bits per heavy atom. The Morgan fingerprint density at radius 1 is 1.03 bits per heavy atom. The van der Waals surface area contributed by atoms with Crippen molar-refractivity contribution in [1.82, 2.24) is 10.3 Å². The summed E-state index contributed by atoms with van der Waals surface area (Å²) in [5.74, 6) is 2.00. The Balaban J connectivity index is 1.56. The highest BCUT2D eigenvalue weighted by atomic mass is 32.2. The predicted octanol–water partition coefficient (Wildman–Crippen LogP) is 4.24. The number of rotatable bonds is 9. The molecular weight excluding hydrogens is 408 g/mol. The van der Waals surface area contributed by atoms with Crippen LogP contribution in [0.25, 0.3) is 11.3 Å². The monoisotopic (exact) mass is 430 g/mol. The lowest BCUT2D eigenvalue weighted by molar-refractivity contribution is -0.118. The van der Waals surface area contributed by atoms with Crippen LogP contribution in [0, 0.1) is 0 Å². The molecule has 0 bridgehead atoms. The Hall–Kier alpha value is -2.71. The van der Waals surface area contributed by atoms with E-state index >= 15 is 0 Å². The van der Waals surface area contributed by atoms with Crippen molar-refractivity contribution in [1.29, 1.82) is 0 Å². The molecule has 29 heavy (non-hydrogen) atoms. The SMILES string of the molecule is COc1cc(OC)c(OC)cc1CNC(=O)CSc1nc(-c2ccccc2)cs1. The second-order valence-corrected chi connectivity index (χ2v) is 8.03. The summed E-state index contributed by atoms with van der Waals surface area (Å²) in [6.45, 7) is 0.329. The summed E-state index contributed by atoms with van der Waals surface area (Å²) >= 11 is 2.96. The minimum absolute atomic E-state index is 0.0803. The summed E-state index contributed by atoms with van der Waals surface area (Å²) in [6, 6.07) is 13.5. The molecule has 1 amide bonds. The molecule has 1 aromatic heterocycles. The number of nitrogens with zero attached hydrogens (tertiary/aromatic N) is 1. The van der Waals surface area contributed by atoms with Crippen molar-refractivity contribution in [2.45, 2.75) is 10.9 Å². The molecule has 3 aromatic rings. The number of aromatic nitrogens is 1. The summed E-state index contributed by atoms with van der Waals surface area (Å²) in [4.78, 5) is 16.9. The minimum atomic E-state index is -0.0803. The number of thiazole rings is 1. The molecule has 1 heterocycles. The van der Waals surface area contributed by atoms with Crippen LogP contribution in [0.4, 0.5) is 0 Å². The molecule has 0 aliphatic rings. The Morgan fingerprint density at radius 3 is 2.41 bits per heavy atom. The first-order valence-electron chi connectivity index (χ1n) is 8.84. The van der Waals surface area contributed by atoms with E-state index in [9.17, 15) is 4.79 Å². The number of ether oxygens (including phenoxy) is 3. The van der Waals surface area contributed by atoms with Gasteiger partial charge < -0.3 is 19.5 Å². The van der Waals surface area contributed by atoms with E-state index < -0.39 is 0 Å². The predicted molar refractivity (Wildman–Crippen MR) is 116 cm³/mol. The molecule has 0 radical (unpaired) electrons. The largest absolute Gasteiger partial charge is 0.496 e. The number of amides is 1. The van der Waals surface area contributed by atoms with Gasteiger partial charge >= 0.3 is 0 Å². The van der Waals surface area contributed by atoms with Gasteiger partial charge in [0, 0.05) is 29.1 Å². The zero-order valence-corrected chi connectivity index (χ0v) is 18.1. The molecule has 0 saturated heterocycles. The van der Waals surface area contributed by atoms with Gasteiger partial charge in [0.25, 0.3) is 0 Å². The highest BCUT2D eigenvalue weighted by Gasteiger charge is 2.13. The van der Waals surface area contributed by atoms with Gasteiger partial charge in [0.15, 0.2) is 15.8 Å². The Kier molecular flexibility index (Phi) is 7.37. The fourth-order valence-corrected chi connectivity index (χ4v) is 4.33. The molecule has 2 aromatic carbocycles. The maximum atomic E-state index is 12.3. The molecule has 0 aliphatic carbocycles. The Labute approximate surface area is 178 Å². The lowest BCUT2D eigenvalue weighted by Gasteiger charge is -2.14. The van der Waals surface area contributed by atoms with Gasteiger partial charge in [-0.15, -0.1) is 11.3 Å². The number of methoxy groups -OCH3 is 3. The minimum Gasteiger partial charge on any atom is -0.496 e. The smallest absolute Gasteiger partial charge is 0.230 e. The molecule has 3 rings (SSSR count). The van der Waals surface area contributed by atoms with Crippen molar-refractivity contribution >= 4 is 29.0 Å². The van der Waals surface area contributed by atoms with Gasteiger partial charge in [0.2, 0.25) is 5.91 Å². The number of thioether (sulfide) groups is 1. The van der Waals surface area contributed by atoms with E-state index in [0.29, 0.717) is 23.8 Å². The van der Waals surface area contributed by atoms with E-state index in [1.165, 1.54) is 23.1 Å². The van der Waals surface area contributed by atoms with Crippen LogP contribution in [0.15, 0.2) is 52.2 Å². The summed E-state index contributed by atoms with van der Waals surface area (Å²) in [5.41, 5.74) is 2.80. The van der Waals surface area contributed by atoms with Gasteiger partial charge in [0.1, 0.15) is 5.75 Å². The van der Waals surface area contributed by atoms with Crippen LogP contribution in [0.3, 0.4) is 0 Å². The third-order valence-corrected chi connectivity index (χ3v) is 6.16. The van der Waals surface area contributed by atoms with Crippen LogP contribution in [0.1, 0.15) is 5.56 Å². The molecule has 0 atom stereocenters. The number of carbonyl (C=O) groups excluding carboxylic acids is 1. The average molecular weight is 431 g/mol. The highest BCUT2D eigenvalue weighted by molar-refractivity contribution is 8.01. The van der Waals surface area contributed by atoms with Crippen molar-refractivity contribution in [2.75, 3.05) is 27.1 Å². The molecular formula is C21H22N2O4S2. The van der Waals surface area contributed by atoms with Crippen LogP contribution in [-0.2, 0) is 11.3 Å². The lowest BCUT2D eigenvalue weighted by Crippen LogP contribution is -2.24. The quantitative estimate of drug-likeness (QED) is 0.512. The van der Waals surface area contributed by atoms with E-state index in [1.807, 2.05) is 35.7 Å². The van der Waals surface area contributed by atoms with Crippen LogP contribution >= 0.6 is 23.1 Å². The number of hydrogen-bond donors (Lipinski definition) is 1. The van der Waals surface area contributed by atoms with E-state index in [4.69, 9.17) is 14.2 Å². The molecule has 8 heteroatoms. The fourth-order valence-electron chi connectivity index (χ4n) is 2.67. The van der Waals surface area contributed by atoms with Gasteiger partial charge in [0.05, 0.1) is 32.8 Å². The molecule has 152 valence electrons. The zero-order chi connectivity index (χ0) is 20.6. The third kappa shape index (κ3) is 5.42. The summed E-state index contributed by atoms with van der Waals surface area (Å²) in [5, 5.41) is 4.92. The zero-order valence-electron chi connectivity index (χ0n) is 16.4. The number of hydrogen-bond acceptors (Lipinski definition) is 7. The van der Waals surface area contributed by atoms with Crippen molar-refractivity contribution in [3.05, 3.63) is 53.4 Å². The van der Waals surface area contributed by atoms with Gasteiger partial charge in [-0.05, 0) is 6.07 Å². The molecule has 0 fully saturated rings. The van der Waals surface area contributed by atoms with Crippen molar-refractivity contribution < 1.29 is 19.0 Å². The molecule has 6 nitrogen and oxygen atoms in total. The second kappa shape index (κ2) is 10.2. The number of benzene rings is 2. The van der Waals surface area contributed by atoms with Crippen molar-refractivity contribution in [3.8, 4) is 28.5 Å². The maximum absolute atomic E-state index is 12.3. The summed E-state index contributed by atoms with van der Waals surface area (Å²) < 4.78 is 16.9. The maximum Gasteiger partial charge on any atom is 0.230 e. The topological polar surface area (TPSA) is 69.7 Å². The van der Waals surface area contributed by atoms with E-state index in [2.05, 4.69) is 10.3 Å².